The number of ether oxygens (including phenoxy) is 3. The third kappa shape index (κ3) is 11.7. The van der Waals surface area contributed by atoms with Crippen molar-refractivity contribution < 1.29 is 33.0 Å². The highest BCUT2D eigenvalue weighted by atomic mass is 28.4. The van der Waals surface area contributed by atoms with Gasteiger partial charge < -0.3 is 38.3 Å². The summed E-state index contributed by atoms with van der Waals surface area (Å²) in [7, 11) is 1.41. The molecule has 14 nitrogen and oxygen atoms in total. The van der Waals surface area contributed by atoms with Crippen LogP contribution in [-0.4, -0.2) is 117 Å². The first-order valence-electron chi connectivity index (χ1n) is 25.8. The number of pyridine rings is 1. The molecule has 0 aliphatic carbocycles. The van der Waals surface area contributed by atoms with Gasteiger partial charge >= 0.3 is 12.1 Å². The van der Waals surface area contributed by atoms with Gasteiger partial charge in [-0.05, 0) is 117 Å². The van der Waals surface area contributed by atoms with E-state index in [0.717, 1.165) is 87.7 Å². The molecule has 2 aromatic carbocycles. The van der Waals surface area contributed by atoms with E-state index in [2.05, 4.69) is 131 Å². The van der Waals surface area contributed by atoms with E-state index in [-0.39, 0.29) is 25.7 Å². The number of rotatable bonds is 11. The van der Waals surface area contributed by atoms with Gasteiger partial charge in [0.15, 0.2) is 0 Å². The number of alkyl carbamates (subject to hydrolysis) is 1. The van der Waals surface area contributed by atoms with Crippen LogP contribution in [0.1, 0.15) is 113 Å². The van der Waals surface area contributed by atoms with Gasteiger partial charge in [-0.15, -0.1) is 0 Å². The first-order valence-corrected chi connectivity index (χ1v) is 27.9. The predicted molar refractivity (Wildman–Crippen MR) is 286 cm³/mol. The molecule has 6 bridgehead atoms. The molecule has 2 amide bonds. The Morgan fingerprint density at radius 3 is 2.28 bits per heavy atom. The average molecular weight is 992 g/mol. The fourth-order valence-corrected chi connectivity index (χ4v) is 16.4. The Labute approximate surface area is 423 Å². The maximum absolute atomic E-state index is 14.7. The summed E-state index contributed by atoms with van der Waals surface area (Å²) in [6.45, 7) is 32.2. The van der Waals surface area contributed by atoms with E-state index in [4.69, 9.17) is 23.6 Å². The number of carbonyl (C=O) groups excluding carboxylic acids is 3. The van der Waals surface area contributed by atoms with Crippen LogP contribution in [0.25, 0.3) is 33.3 Å². The van der Waals surface area contributed by atoms with E-state index >= 15 is 0 Å². The molecule has 2 aromatic heterocycles. The van der Waals surface area contributed by atoms with Crippen molar-refractivity contribution in [2.24, 2.45) is 5.41 Å². The third-order valence-corrected chi connectivity index (χ3v) is 20.7. The summed E-state index contributed by atoms with van der Waals surface area (Å²) in [5.41, 5.74) is 11.6. The molecule has 0 spiro atoms. The Balaban J connectivity index is 1.50. The first kappa shape index (κ1) is 53.6. The van der Waals surface area contributed by atoms with Crippen LogP contribution in [0, 0.1) is 5.41 Å². The Bertz CT molecular complexity index is 2590. The van der Waals surface area contributed by atoms with Crippen LogP contribution in [0.15, 0.2) is 60.8 Å². The van der Waals surface area contributed by atoms with Crippen molar-refractivity contribution in [1.82, 2.24) is 30.2 Å². The molecule has 5 heterocycles. The van der Waals surface area contributed by atoms with Crippen molar-refractivity contribution in [3.05, 3.63) is 77.6 Å². The number of hydrogen-bond acceptors (Lipinski definition) is 11. The van der Waals surface area contributed by atoms with Gasteiger partial charge in [0.2, 0.25) is 0 Å². The molecular weight excluding hydrogens is 911 g/mol. The summed E-state index contributed by atoms with van der Waals surface area (Å²) < 4.78 is 27.8. The average Bonchev–Trinajstić information content (AvgIpc) is 3.61. The lowest BCUT2D eigenvalue weighted by Gasteiger charge is -2.42. The summed E-state index contributed by atoms with van der Waals surface area (Å²) in [6.07, 6.45) is 5.17. The number of benzene rings is 2. The normalized spacial score (nSPS) is 19.9. The summed E-state index contributed by atoms with van der Waals surface area (Å²) >= 11 is 0. The Morgan fingerprint density at radius 2 is 1.65 bits per heavy atom. The van der Waals surface area contributed by atoms with Crippen molar-refractivity contribution in [3.63, 3.8) is 0 Å². The fourth-order valence-electron chi connectivity index (χ4n) is 11.1. The number of carbonyl (C=O) groups is 3. The SMILES string of the molecule is CCn1c(-c2cc(N3CCN(C)CC3)cnc2[C@H](C)OC)c2c3cc(ccc31)-c1cc(cc(O[Si](C(C)C)(C(C)C)C(C)C)c1)C[C@H](NC(=O)OC(C)(C)C)C(=O)N1CC=C[C@H](N1)C(=O)OCC(C)(C)C2. The topological polar surface area (TPSA) is 140 Å². The van der Waals surface area contributed by atoms with E-state index < -0.39 is 49.4 Å². The number of aryl methyl sites for hydroxylation is 1. The van der Waals surface area contributed by atoms with Crippen LogP contribution in [0.2, 0.25) is 16.6 Å². The van der Waals surface area contributed by atoms with Gasteiger partial charge in [0.1, 0.15) is 23.4 Å². The highest BCUT2D eigenvalue weighted by molar-refractivity contribution is 6.78. The molecule has 0 unspecified atom stereocenters. The Hall–Kier alpha value is -5.22. The van der Waals surface area contributed by atoms with Crippen LogP contribution in [0.5, 0.6) is 5.75 Å². The lowest BCUT2D eigenvalue weighted by atomic mass is 9.84. The monoisotopic (exact) mass is 992 g/mol. The van der Waals surface area contributed by atoms with Gasteiger partial charge in [-0.2, -0.15) is 0 Å². The van der Waals surface area contributed by atoms with E-state index in [0.29, 0.717) is 29.6 Å². The maximum Gasteiger partial charge on any atom is 0.408 e. The molecule has 3 aliphatic heterocycles. The quantitative estimate of drug-likeness (QED) is 0.0843. The summed E-state index contributed by atoms with van der Waals surface area (Å²) in [5.74, 6) is -0.195. The lowest BCUT2D eigenvalue weighted by molar-refractivity contribution is -0.151. The number of piperazine rings is 1. The number of amides is 2. The summed E-state index contributed by atoms with van der Waals surface area (Å²) in [6, 6.07) is 13.3. The molecule has 386 valence electrons. The molecule has 1 fully saturated rings. The van der Waals surface area contributed by atoms with Crippen LogP contribution < -0.4 is 20.1 Å². The van der Waals surface area contributed by atoms with Gasteiger partial charge in [-0.25, -0.2) is 15.0 Å². The van der Waals surface area contributed by atoms with E-state index in [1.807, 2.05) is 19.2 Å². The van der Waals surface area contributed by atoms with Crippen LogP contribution in [-0.2, 0) is 43.2 Å². The molecule has 0 radical (unpaired) electrons. The number of nitrogens with one attached hydrogen (secondary N) is 2. The number of hydrazine groups is 1. The molecule has 71 heavy (non-hydrogen) atoms. The van der Waals surface area contributed by atoms with Gasteiger partial charge in [-0.3, -0.25) is 14.8 Å². The second-order valence-electron chi connectivity index (χ2n) is 22.7. The third-order valence-electron chi connectivity index (χ3n) is 14.7. The van der Waals surface area contributed by atoms with Crippen LogP contribution in [0.3, 0.4) is 0 Å². The molecular formula is C56H81N7O7Si. The van der Waals surface area contributed by atoms with Gasteiger partial charge in [0, 0.05) is 68.1 Å². The van der Waals surface area contributed by atoms with Gasteiger partial charge in [0.05, 0.1) is 42.5 Å². The largest absolute Gasteiger partial charge is 0.543 e. The molecule has 7 rings (SSSR count). The smallest absolute Gasteiger partial charge is 0.408 e. The molecule has 0 saturated carbocycles. The lowest BCUT2D eigenvalue weighted by Crippen LogP contribution is -2.59. The van der Waals surface area contributed by atoms with E-state index in [1.54, 1.807) is 40.0 Å². The standard InChI is InChI=1S/C56H81N7O7Si/c1-16-62-49-20-19-40-30-44(49)46(51(62)45-31-42(33-57-50(45)38(8)67-15)61-24-22-60(14)23-25-61)32-56(12,13)34-68-53(65)47-18-17-21-63(59-47)52(64)48(58-54(66)69-55(9,10)11)28-39-26-41(40)29-43(27-39)70-71(35(2)3,36(4)5)37(6)7/h17-20,26-27,29-31,33,35-38,47-48,59H,16,21-25,28,32,34H2,1-15H3,(H,58,66)/t38-,47-,48-/m0/s1. The number of anilines is 1. The van der Waals surface area contributed by atoms with Crippen LogP contribution >= 0.6 is 0 Å². The minimum atomic E-state index is -2.49. The summed E-state index contributed by atoms with van der Waals surface area (Å²) in [4.78, 5) is 52.3. The molecule has 2 N–H and O–H groups in total. The summed E-state index contributed by atoms with van der Waals surface area (Å²) in [5, 5.41) is 5.38. The Kier molecular flexibility index (Phi) is 16.2. The number of aromatic nitrogens is 2. The zero-order valence-electron chi connectivity index (χ0n) is 45.2. The highest BCUT2D eigenvalue weighted by Gasteiger charge is 2.47. The molecule has 1 saturated heterocycles. The van der Waals surface area contributed by atoms with Crippen molar-refractivity contribution in [2.75, 3.05) is 58.4 Å². The van der Waals surface area contributed by atoms with Crippen molar-refractivity contribution in [2.45, 2.75) is 150 Å². The first-order chi connectivity index (χ1) is 33.4. The second kappa shape index (κ2) is 21.5. The Morgan fingerprint density at radius 1 is 0.958 bits per heavy atom. The van der Waals surface area contributed by atoms with E-state index in [9.17, 15) is 14.4 Å². The minimum absolute atomic E-state index is 0.114. The predicted octanol–water partition coefficient (Wildman–Crippen LogP) is 10.2. The molecule has 3 atom stereocenters. The number of esters is 1. The molecule has 4 aromatic rings. The number of likely N-dealkylation sites (N-methyl/N-ethyl adjacent to an activating group) is 1. The van der Waals surface area contributed by atoms with Gasteiger partial charge in [0.25, 0.3) is 14.2 Å². The minimum Gasteiger partial charge on any atom is -0.543 e. The van der Waals surface area contributed by atoms with E-state index in [1.165, 1.54) is 5.01 Å². The molecule has 15 heteroatoms. The number of cyclic esters (lactones) is 1. The second-order valence-corrected chi connectivity index (χ2v) is 28.1. The van der Waals surface area contributed by atoms with Crippen molar-refractivity contribution in [1.29, 1.82) is 0 Å². The zero-order chi connectivity index (χ0) is 51.7. The van der Waals surface area contributed by atoms with Gasteiger partial charge in [-0.1, -0.05) is 79.7 Å². The maximum atomic E-state index is 14.7. The highest BCUT2D eigenvalue weighted by Crippen LogP contribution is 2.46. The molecule has 3 aliphatic rings. The van der Waals surface area contributed by atoms with Crippen molar-refractivity contribution in [3.8, 4) is 28.1 Å². The van der Waals surface area contributed by atoms with Crippen LogP contribution in [0.4, 0.5) is 10.5 Å². The zero-order valence-corrected chi connectivity index (χ0v) is 46.2. The number of methoxy groups -OCH3 is 1. The van der Waals surface area contributed by atoms with Crippen molar-refractivity contribution >= 4 is 42.9 Å². The number of nitrogens with zero attached hydrogens (tertiary/aromatic N) is 5. The fraction of sp³-hybridized carbons (Fsp3) is 0.571. The number of fused-ring (bicyclic) bond motifs is 6. The number of hydrogen-bond donors (Lipinski definition) is 2.